The molecule has 0 aliphatic heterocycles. The van der Waals surface area contributed by atoms with Crippen molar-refractivity contribution in [3.8, 4) is 0 Å². The van der Waals surface area contributed by atoms with Crippen molar-refractivity contribution >= 4 is 11.7 Å². The number of carboxylic acid groups (broad SMARTS) is 1. The summed E-state index contributed by atoms with van der Waals surface area (Å²) in [7, 11) is 0. The minimum absolute atomic E-state index is 0.176. The molecule has 0 saturated heterocycles. The summed E-state index contributed by atoms with van der Waals surface area (Å²) >= 11 is 0. The van der Waals surface area contributed by atoms with Crippen LogP contribution in [-0.2, 0) is 0 Å². The number of aromatic carboxylic acids is 1. The molecule has 0 bridgehead atoms. The molecule has 4 heteroatoms. The van der Waals surface area contributed by atoms with Crippen LogP contribution < -0.4 is 4.90 Å². The third-order valence-corrected chi connectivity index (χ3v) is 3.65. The zero-order chi connectivity index (χ0) is 12.7. The quantitative estimate of drug-likeness (QED) is 0.872. The Morgan fingerprint density at radius 3 is 2.61 bits per heavy atom. The van der Waals surface area contributed by atoms with E-state index < -0.39 is 11.8 Å². The predicted molar refractivity (Wildman–Crippen MR) is 66.5 cm³/mol. The average molecular weight is 249 g/mol. The Hall–Kier alpha value is -1.58. The van der Waals surface area contributed by atoms with Crippen LogP contribution in [-0.4, -0.2) is 23.7 Å². The molecule has 2 saturated carbocycles. The number of hydrogen-bond acceptors (Lipinski definition) is 2. The number of benzene rings is 1. The van der Waals surface area contributed by atoms with Gasteiger partial charge in [-0.2, -0.15) is 0 Å². The van der Waals surface area contributed by atoms with Crippen molar-refractivity contribution in [1.82, 2.24) is 0 Å². The summed E-state index contributed by atoms with van der Waals surface area (Å²) in [5, 5.41) is 9.18. The zero-order valence-electron chi connectivity index (χ0n) is 10.1. The van der Waals surface area contributed by atoms with E-state index in [1.54, 1.807) is 12.1 Å². The van der Waals surface area contributed by atoms with Crippen LogP contribution >= 0.6 is 0 Å². The molecule has 1 aromatic carbocycles. The smallest absolute Gasteiger partial charge is 0.340 e. The van der Waals surface area contributed by atoms with Crippen LogP contribution in [0.15, 0.2) is 18.2 Å². The highest BCUT2D eigenvalue weighted by molar-refractivity contribution is 5.95. The van der Waals surface area contributed by atoms with Gasteiger partial charge in [-0.1, -0.05) is 6.07 Å². The first-order valence-electron chi connectivity index (χ1n) is 6.45. The third kappa shape index (κ3) is 2.19. The average Bonchev–Trinajstić information content (AvgIpc) is 3.17. The molecule has 1 N–H and O–H groups in total. The van der Waals surface area contributed by atoms with Gasteiger partial charge in [0.05, 0.1) is 5.69 Å². The van der Waals surface area contributed by atoms with Crippen LogP contribution in [0.5, 0.6) is 0 Å². The van der Waals surface area contributed by atoms with Gasteiger partial charge in [-0.25, -0.2) is 9.18 Å². The highest BCUT2D eigenvalue weighted by Crippen LogP contribution is 2.39. The van der Waals surface area contributed by atoms with E-state index in [-0.39, 0.29) is 5.56 Å². The van der Waals surface area contributed by atoms with Crippen LogP contribution in [0.3, 0.4) is 0 Å². The molecule has 0 heterocycles. The van der Waals surface area contributed by atoms with Gasteiger partial charge in [0.15, 0.2) is 0 Å². The number of hydrogen-bond donors (Lipinski definition) is 1. The van der Waals surface area contributed by atoms with Gasteiger partial charge in [-0.15, -0.1) is 0 Å². The second-order valence-corrected chi connectivity index (χ2v) is 5.27. The molecule has 1 aromatic rings. The lowest BCUT2D eigenvalue weighted by Gasteiger charge is -2.26. The molecule has 0 amide bonds. The maximum atomic E-state index is 13.7. The van der Waals surface area contributed by atoms with E-state index in [1.165, 1.54) is 18.9 Å². The number of rotatable bonds is 5. The van der Waals surface area contributed by atoms with Crippen molar-refractivity contribution in [2.24, 2.45) is 5.92 Å². The van der Waals surface area contributed by atoms with Gasteiger partial charge in [0, 0.05) is 12.6 Å². The Morgan fingerprint density at radius 2 is 2.06 bits per heavy atom. The summed E-state index contributed by atoms with van der Waals surface area (Å²) in [6.07, 6.45) is 4.59. The number of carbonyl (C=O) groups is 1. The van der Waals surface area contributed by atoms with Gasteiger partial charge in [-0.3, -0.25) is 0 Å². The number of carboxylic acids is 1. The molecular weight excluding hydrogens is 233 g/mol. The Kier molecular flexibility index (Phi) is 2.73. The Labute approximate surface area is 105 Å². The number of nitrogens with zero attached hydrogens (tertiary/aromatic N) is 1. The molecule has 3 nitrogen and oxygen atoms in total. The lowest BCUT2D eigenvalue weighted by Crippen LogP contribution is -2.30. The molecule has 3 rings (SSSR count). The maximum Gasteiger partial charge on any atom is 0.340 e. The van der Waals surface area contributed by atoms with Crippen LogP contribution in [0.2, 0.25) is 0 Å². The minimum Gasteiger partial charge on any atom is -0.478 e. The lowest BCUT2D eigenvalue weighted by atomic mass is 10.1. The van der Waals surface area contributed by atoms with Crippen LogP contribution in [0.1, 0.15) is 36.0 Å². The first-order valence-corrected chi connectivity index (χ1v) is 6.45. The summed E-state index contributed by atoms with van der Waals surface area (Å²) in [4.78, 5) is 13.3. The van der Waals surface area contributed by atoms with E-state index in [0.717, 1.165) is 19.4 Å². The van der Waals surface area contributed by atoms with Crippen LogP contribution in [0, 0.1) is 11.7 Å². The van der Waals surface area contributed by atoms with Crippen molar-refractivity contribution in [1.29, 1.82) is 0 Å². The van der Waals surface area contributed by atoms with E-state index in [4.69, 9.17) is 0 Å². The fourth-order valence-corrected chi connectivity index (χ4v) is 2.37. The highest BCUT2D eigenvalue weighted by atomic mass is 19.1. The summed E-state index contributed by atoms with van der Waals surface area (Å²) in [5.74, 6) is -1.15. The lowest BCUT2D eigenvalue weighted by molar-refractivity contribution is 0.0692. The fourth-order valence-electron chi connectivity index (χ4n) is 2.37. The maximum absolute atomic E-state index is 13.7. The van der Waals surface area contributed by atoms with Gasteiger partial charge < -0.3 is 10.0 Å². The largest absolute Gasteiger partial charge is 0.478 e. The predicted octanol–water partition coefficient (Wildman–Crippen LogP) is 2.90. The Bertz CT molecular complexity index is 481. The summed E-state index contributed by atoms with van der Waals surface area (Å²) in [6.45, 7) is 0.869. The molecular formula is C14H16FNO2. The molecule has 96 valence electrons. The summed E-state index contributed by atoms with van der Waals surface area (Å²) in [5.41, 5.74) is 0.377. The Morgan fingerprint density at radius 1 is 1.33 bits per heavy atom. The second kappa shape index (κ2) is 4.26. The molecule has 0 aromatic heterocycles. The first-order chi connectivity index (χ1) is 8.66. The molecule has 18 heavy (non-hydrogen) atoms. The van der Waals surface area contributed by atoms with Gasteiger partial charge in [0.1, 0.15) is 11.4 Å². The monoisotopic (exact) mass is 249 g/mol. The molecule has 0 atom stereocenters. The van der Waals surface area contributed by atoms with E-state index in [2.05, 4.69) is 4.90 Å². The van der Waals surface area contributed by atoms with Gasteiger partial charge in [0.2, 0.25) is 0 Å². The molecule has 0 unspecified atom stereocenters. The molecule has 0 radical (unpaired) electrons. The normalized spacial score (nSPS) is 18.7. The van der Waals surface area contributed by atoms with E-state index in [0.29, 0.717) is 17.6 Å². The standard InChI is InChI=1S/C14H16FNO2/c15-11-2-1-3-12(13(11)14(17)18)16(10-6-7-10)8-9-4-5-9/h1-3,9-10H,4-8H2,(H,17,18). The molecule has 2 aliphatic rings. The first kappa shape index (κ1) is 11.5. The summed E-state index contributed by atoms with van der Waals surface area (Å²) < 4.78 is 13.7. The van der Waals surface area contributed by atoms with Gasteiger partial charge in [-0.05, 0) is 43.7 Å². The summed E-state index contributed by atoms with van der Waals surface area (Å²) in [6, 6.07) is 4.95. The number of halogens is 1. The molecule has 0 spiro atoms. The molecule has 2 aliphatic carbocycles. The topological polar surface area (TPSA) is 40.5 Å². The fraction of sp³-hybridized carbons (Fsp3) is 0.500. The van der Waals surface area contributed by atoms with E-state index in [9.17, 15) is 14.3 Å². The van der Waals surface area contributed by atoms with Gasteiger partial charge >= 0.3 is 5.97 Å². The van der Waals surface area contributed by atoms with Crippen molar-refractivity contribution in [3.05, 3.63) is 29.6 Å². The SMILES string of the molecule is O=C(O)c1c(F)cccc1N(CC1CC1)C1CC1. The van der Waals surface area contributed by atoms with E-state index in [1.807, 2.05) is 0 Å². The van der Waals surface area contributed by atoms with Gasteiger partial charge in [0.25, 0.3) is 0 Å². The molecule has 2 fully saturated rings. The number of anilines is 1. The van der Waals surface area contributed by atoms with E-state index >= 15 is 0 Å². The second-order valence-electron chi connectivity index (χ2n) is 5.27. The Balaban J connectivity index is 1.96. The zero-order valence-corrected chi connectivity index (χ0v) is 10.1. The highest BCUT2D eigenvalue weighted by Gasteiger charge is 2.36. The van der Waals surface area contributed by atoms with Crippen molar-refractivity contribution < 1.29 is 14.3 Å². The van der Waals surface area contributed by atoms with Crippen LogP contribution in [0.25, 0.3) is 0 Å². The minimum atomic E-state index is -1.18. The van der Waals surface area contributed by atoms with Crippen LogP contribution in [0.4, 0.5) is 10.1 Å². The third-order valence-electron chi connectivity index (χ3n) is 3.65. The van der Waals surface area contributed by atoms with Crippen molar-refractivity contribution in [2.75, 3.05) is 11.4 Å². The van der Waals surface area contributed by atoms with Crippen molar-refractivity contribution in [2.45, 2.75) is 31.7 Å². The van der Waals surface area contributed by atoms with Crippen molar-refractivity contribution in [3.63, 3.8) is 0 Å².